The highest BCUT2D eigenvalue weighted by atomic mass is 16.2. The van der Waals surface area contributed by atoms with Gasteiger partial charge in [0.15, 0.2) is 0 Å². The van der Waals surface area contributed by atoms with E-state index in [2.05, 4.69) is 54.8 Å². The van der Waals surface area contributed by atoms with Gasteiger partial charge < -0.3 is 9.47 Å². The summed E-state index contributed by atoms with van der Waals surface area (Å²) in [4.78, 5) is 21.1. The number of likely N-dealkylation sites (N-methyl/N-ethyl adjacent to an activating group) is 1. The first-order valence-electron chi connectivity index (χ1n) is 12.3. The van der Waals surface area contributed by atoms with Crippen molar-refractivity contribution >= 4 is 22.4 Å². The normalized spacial score (nSPS) is 12.0. The Labute approximate surface area is 212 Å². The van der Waals surface area contributed by atoms with Crippen molar-refractivity contribution in [1.82, 2.24) is 9.55 Å². The summed E-state index contributed by atoms with van der Waals surface area (Å²) in [6.07, 6.45) is 0. The van der Waals surface area contributed by atoms with Crippen molar-refractivity contribution in [3.8, 4) is 0 Å². The largest absolute Gasteiger partial charge is 0.327 e. The Morgan fingerprint density at radius 3 is 2.25 bits per heavy atom. The van der Waals surface area contributed by atoms with E-state index < -0.39 is 5.92 Å². The first-order chi connectivity index (χ1) is 17.4. The lowest BCUT2D eigenvalue weighted by Gasteiger charge is -2.26. The number of nitrogens with zero attached hydrogens (tertiary/aromatic N) is 3. The van der Waals surface area contributed by atoms with Crippen LogP contribution in [0.25, 0.3) is 10.8 Å². The highest BCUT2D eigenvalue weighted by Gasteiger charge is 2.33. The fourth-order valence-electron chi connectivity index (χ4n) is 4.84. The summed E-state index contributed by atoms with van der Waals surface area (Å²) < 4.78 is 2.21. The van der Waals surface area contributed by atoms with Crippen LogP contribution in [-0.2, 0) is 11.3 Å². The van der Waals surface area contributed by atoms with E-state index >= 15 is 0 Å². The Bertz CT molecular complexity index is 1510. The van der Waals surface area contributed by atoms with Gasteiger partial charge in [-0.15, -0.1) is 0 Å². The summed E-state index contributed by atoms with van der Waals surface area (Å²) in [5.74, 6) is 0.210. The molecule has 0 bridgehead atoms. The van der Waals surface area contributed by atoms with Crippen LogP contribution in [-0.4, -0.2) is 22.5 Å². The van der Waals surface area contributed by atoms with E-state index in [0.29, 0.717) is 6.54 Å². The minimum atomic E-state index is -0.557. The van der Waals surface area contributed by atoms with E-state index in [1.54, 1.807) is 4.90 Å². The minimum Gasteiger partial charge on any atom is -0.327 e. The highest BCUT2D eigenvalue weighted by molar-refractivity contribution is 6.02. The molecule has 0 N–H and O–H groups in total. The van der Waals surface area contributed by atoms with Crippen LogP contribution in [0.3, 0.4) is 0 Å². The van der Waals surface area contributed by atoms with Gasteiger partial charge in [0.1, 0.15) is 11.7 Å². The van der Waals surface area contributed by atoms with E-state index in [9.17, 15) is 4.79 Å². The summed E-state index contributed by atoms with van der Waals surface area (Å²) in [5, 5.41) is 2.18. The second-order valence-electron chi connectivity index (χ2n) is 9.45. The van der Waals surface area contributed by atoms with Gasteiger partial charge in [-0.25, -0.2) is 4.98 Å². The van der Waals surface area contributed by atoms with Crippen molar-refractivity contribution in [3.05, 3.63) is 131 Å². The van der Waals surface area contributed by atoms with Crippen LogP contribution in [0.1, 0.15) is 39.8 Å². The fraction of sp³-hybridized carbons (Fsp3) is 0.188. The van der Waals surface area contributed by atoms with Gasteiger partial charge in [-0.3, -0.25) is 4.79 Å². The Morgan fingerprint density at radius 2 is 1.50 bits per heavy atom. The molecule has 4 heteroatoms. The van der Waals surface area contributed by atoms with E-state index in [1.807, 2.05) is 74.6 Å². The maximum Gasteiger partial charge on any atom is 0.241 e. The lowest BCUT2D eigenvalue weighted by atomic mass is 9.91. The van der Waals surface area contributed by atoms with Gasteiger partial charge in [0.25, 0.3) is 0 Å². The zero-order valence-electron chi connectivity index (χ0n) is 21.3. The number of benzene rings is 4. The fourth-order valence-corrected chi connectivity index (χ4v) is 4.84. The van der Waals surface area contributed by atoms with Gasteiger partial charge in [-0.2, -0.15) is 0 Å². The topological polar surface area (TPSA) is 38.1 Å². The van der Waals surface area contributed by atoms with E-state index in [1.165, 1.54) is 5.56 Å². The maximum absolute atomic E-state index is 14.4. The third-order valence-corrected chi connectivity index (χ3v) is 7.06. The SMILES string of the molecule is Cc1ccc(N(C)C(=O)C(c2cccc3ccccc23)c2nc(C)c(C)n2Cc2ccccc2)cc1. The molecule has 4 aromatic carbocycles. The second kappa shape index (κ2) is 9.82. The number of amides is 1. The van der Waals surface area contributed by atoms with Gasteiger partial charge in [0, 0.05) is 25.0 Å². The zero-order chi connectivity index (χ0) is 25.2. The number of fused-ring (bicyclic) bond motifs is 1. The minimum absolute atomic E-state index is 0.00508. The third kappa shape index (κ3) is 4.42. The molecule has 0 aliphatic rings. The Morgan fingerprint density at radius 1 is 0.833 bits per heavy atom. The predicted molar refractivity (Wildman–Crippen MR) is 148 cm³/mol. The molecule has 1 aromatic heterocycles. The predicted octanol–water partition coefficient (Wildman–Crippen LogP) is 6.80. The van der Waals surface area contributed by atoms with Crippen molar-refractivity contribution in [2.45, 2.75) is 33.2 Å². The molecule has 36 heavy (non-hydrogen) atoms. The van der Waals surface area contributed by atoms with Gasteiger partial charge >= 0.3 is 0 Å². The summed E-state index contributed by atoms with van der Waals surface area (Å²) in [6.45, 7) is 6.82. The van der Waals surface area contributed by atoms with Crippen molar-refractivity contribution in [1.29, 1.82) is 0 Å². The number of carbonyl (C=O) groups excluding carboxylic acids is 1. The number of hydrogen-bond acceptors (Lipinski definition) is 2. The van der Waals surface area contributed by atoms with Crippen LogP contribution in [0, 0.1) is 20.8 Å². The van der Waals surface area contributed by atoms with Gasteiger partial charge in [-0.05, 0) is 54.8 Å². The molecule has 0 radical (unpaired) electrons. The molecule has 0 aliphatic heterocycles. The van der Waals surface area contributed by atoms with Crippen LogP contribution < -0.4 is 4.90 Å². The summed E-state index contributed by atoms with van der Waals surface area (Å²) in [7, 11) is 1.86. The molecule has 1 heterocycles. The number of aryl methyl sites for hydroxylation is 2. The molecule has 5 aromatic rings. The molecule has 0 saturated heterocycles. The molecule has 4 nitrogen and oxygen atoms in total. The second-order valence-corrected chi connectivity index (χ2v) is 9.45. The number of imidazole rings is 1. The molecular weight excluding hydrogens is 442 g/mol. The van der Waals surface area contributed by atoms with Crippen LogP contribution in [0.4, 0.5) is 5.69 Å². The number of hydrogen-bond donors (Lipinski definition) is 0. The summed E-state index contributed by atoms with van der Waals surface area (Å²) >= 11 is 0. The average molecular weight is 474 g/mol. The first kappa shape index (κ1) is 23.6. The van der Waals surface area contributed by atoms with E-state index in [-0.39, 0.29) is 5.91 Å². The average Bonchev–Trinajstić information content (AvgIpc) is 3.17. The molecule has 1 atom stereocenters. The lowest BCUT2D eigenvalue weighted by molar-refractivity contribution is -0.119. The molecule has 180 valence electrons. The molecule has 1 unspecified atom stereocenters. The van der Waals surface area contributed by atoms with Gasteiger partial charge in [-0.1, -0.05) is 90.5 Å². The first-order valence-corrected chi connectivity index (χ1v) is 12.3. The maximum atomic E-state index is 14.4. The van der Waals surface area contributed by atoms with Crippen LogP contribution in [0.5, 0.6) is 0 Å². The number of carbonyl (C=O) groups is 1. The standard InChI is InChI=1S/C32H31N3O/c1-22-17-19-27(20-18-22)34(4)32(36)30(29-16-10-14-26-13-8-9-15-28(26)29)31-33-23(2)24(3)35(31)21-25-11-6-5-7-12-25/h5-20,30H,21H2,1-4H3. The van der Waals surface area contributed by atoms with E-state index in [0.717, 1.165) is 44.8 Å². The monoisotopic (exact) mass is 473 g/mol. The zero-order valence-corrected chi connectivity index (χ0v) is 21.3. The van der Waals surface area contributed by atoms with Crippen molar-refractivity contribution in [2.75, 3.05) is 11.9 Å². The van der Waals surface area contributed by atoms with E-state index in [4.69, 9.17) is 4.98 Å². The number of anilines is 1. The molecule has 0 aliphatic carbocycles. The van der Waals surface area contributed by atoms with Crippen molar-refractivity contribution in [3.63, 3.8) is 0 Å². The molecule has 0 spiro atoms. The van der Waals surface area contributed by atoms with Crippen molar-refractivity contribution < 1.29 is 4.79 Å². The lowest BCUT2D eigenvalue weighted by Crippen LogP contribution is -2.34. The van der Waals surface area contributed by atoms with Crippen LogP contribution in [0.15, 0.2) is 97.1 Å². The Kier molecular flexibility index (Phi) is 6.43. The summed E-state index contributed by atoms with van der Waals surface area (Å²) in [5.41, 5.74) is 6.19. The quantitative estimate of drug-likeness (QED) is 0.272. The number of aromatic nitrogens is 2. The molecule has 5 rings (SSSR count). The summed E-state index contributed by atoms with van der Waals surface area (Å²) in [6, 6.07) is 32.9. The Balaban J connectivity index is 1.70. The van der Waals surface area contributed by atoms with Crippen molar-refractivity contribution in [2.24, 2.45) is 0 Å². The molecule has 1 amide bonds. The van der Waals surface area contributed by atoms with Gasteiger partial charge in [0.2, 0.25) is 5.91 Å². The molecular formula is C32H31N3O. The van der Waals surface area contributed by atoms with Crippen LogP contribution >= 0.6 is 0 Å². The third-order valence-electron chi connectivity index (χ3n) is 7.06. The molecule has 0 saturated carbocycles. The Hall–Kier alpha value is -4.18. The highest BCUT2D eigenvalue weighted by Crippen LogP contribution is 2.34. The smallest absolute Gasteiger partial charge is 0.241 e. The molecule has 0 fully saturated rings. The van der Waals surface area contributed by atoms with Crippen LogP contribution in [0.2, 0.25) is 0 Å². The van der Waals surface area contributed by atoms with Gasteiger partial charge in [0.05, 0.1) is 5.69 Å². The number of rotatable bonds is 6.